The van der Waals surface area contributed by atoms with Crippen LogP contribution in [0.25, 0.3) is 0 Å². The lowest BCUT2D eigenvalue weighted by atomic mass is 9.87. The normalized spacial score (nSPS) is 30.1. The van der Waals surface area contributed by atoms with Gasteiger partial charge in [0.05, 0.1) is 12.2 Å². The minimum atomic E-state index is 0.00926. The lowest BCUT2D eigenvalue weighted by molar-refractivity contribution is -0.125. The molecule has 2 nitrogen and oxygen atoms in total. The molecule has 1 aliphatic heterocycles. The van der Waals surface area contributed by atoms with Gasteiger partial charge in [0.2, 0.25) is 0 Å². The monoisotopic (exact) mass is 168 g/mol. The maximum atomic E-state index is 11.5. The Balaban J connectivity index is 2.80. The molecule has 0 N–H and O–H groups in total. The van der Waals surface area contributed by atoms with E-state index in [0.29, 0.717) is 5.92 Å². The van der Waals surface area contributed by atoms with Gasteiger partial charge in [-0.05, 0) is 12.8 Å². The number of carbonyl (C=O) groups excluding carboxylic acids is 1. The molecule has 0 saturated carbocycles. The first-order valence-electron chi connectivity index (χ1n) is 4.40. The average Bonchev–Trinajstić information content (AvgIpc) is 2.00. The predicted molar refractivity (Wildman–Crippen MR) is 47.6 cm³/mol. The third-order valence-corrected chi connectivity index (χ3v) is 2.35. The molecular weight excluding hydrogens is 152 g/mol. The molecule has 0 radical (unpaired) electrons. The first kappa shape index (κ1) is 9.30. The van der Waals surface area contributed by atoms with Crippen molar-refractivity contribution < 1.29 is 9.53 Å². The summed E-state index contributed by atoms with van der Waals surface area (Å²) in [7, 11) is 0. The van der Waals surface area contributed by atoms with Crippen LogP contribution >= 0.6 is 0 Å². The molecular formula is C10H16O2. The Bertz CT molecular complexity index is 216. The highest BCUT2D eigenvalue weighted by molar-refractivity contribution is 5.97. The summed E-state index contributed by atoms with van der Waals surface area (Å²) in [4.78, 5) is 11.5. The second kappa shape index (κ2) is 3.30. The molecule has 0 aliphatic carbocycles. The predicted octanol–water partition coefficient (Wildman–Crippen LogP) is 2.15. The third kappa shape index (κ3) is 1.52. The lowest BCUT2D eigenvalue weighted by Crippen LogP contribution is -2.35. The average molecular weight is 168 g/mol. The number of allylic oxidation sites excluding steroid dienone is 1. The zero-order valence-electron chi connectivity index (χ0n) is 8.13. The van der Waals surface area contributed by atoms with Crippen molar-refractivity contribution in [1.29, 1.82) is 0 Å². The minimum Gasteiger partial charge on any atom is -0.497 e. The van der Waals surface area contributed by atoms with E-state index in [1.54, 1.807) is 13.2 Å². The largest absolute Gasteiger partial charge is 0.497 e. The first-order chi connectivity index (χ1) is 5.54. The van der Waals surface area contributed by atoms with Crippen molar-refractivity contribution in [3.8, 4) is 0 Å². The van der Waals surface area contributed by atoms with Crippen LogP contribution in [0.4, 0.5) is 0 Å². The van der Waals surface area contributed by atoms with Crippen molar-refractivity contribution in [2.24, 2.45) is 11.8 Å². The van der Waals surface area contributed by atoms with Crippen molar-refractivity contribution in [2.45, 2.75) is 33.8 Å². The number of ketones is 1. The molecule has 68 valence electrons. The summed E-state index contributed by atoms with van der Waals surface area (Å²) in [5.41, 5.74) is 0.736. The van der Waals surface area contributed by atoms with Gasteiger partial charge in [0, 0.05) is 5.57 Å². The standard InChI is InChI=1S/C10H16O2/c1-6(2)10-8(4)9(11)7(3)5-12-10/h5-6,8,10H,1-4H3/t8-,10-/m0/s1. The molecule has 1 heterocycles. The summed E-state index contributed by atoms with van der Waals surface area (Å²) in [5, 5.41) is 0. The van der Waals surface area contributed by atoms with Crippen LogP contribution < -0.4 is 0 Å². The summed E-state index contributed by atoms with van der Waals surface area (Å²) in [6.45, 7) is 7.88. The molecule has 0 amide bonds. The van der Waals surface area contributed by atoms with Crippen LogP contribution in [0.1, 0.15) is 27.7 Å². The van der Waals surface area contributed by atoms with Gasteiger partial charge in [-0.15, -0.1) is 0 Å². The maximum absolute atomic E-state index is 11.5. The van der Waals surface area contributed by atoms with Crippen molar-refractivity contribution in [3.05, 3.63) is 11.8 Å². The Hall–Kier alpha value is -0.790. The molecule has 1 rings (SSSR count). The molecule has 0 spiro atoms. The van der Waals surface area contributed by atoms with Gasteiger partial charge < -0.3 is 4.74 Å². The van der Waals surface area contributed by atoms with E-state index in [2.05, 4.69) is 13.8 Å². The van der Waals surface area contributed by atoms with Crippen LogP contribution in [-0.2, 0) is 9.53 Å². The summed E-state index contributed by atoms with van der Waals surface area (Å²) in [5.74, 6) is 0.628. The summed E-state index contributed by atoms with van der Waals surface area (Å²) < 4.78 is 5.45. The van der Waals surface area contributed by atoms with Gasteiger partial charge in [-0.2, -0.15) is 0 Å². The fraction of sp³-hybridized carbons (Fsp3) is 0.700. The Morgan fingerprint density at radius 2 is 2.08 bits per heavy atom. The summed E-state index contributed by atoms with van der Waals surface area (Å²) >= 11 is 0. The molecule has 0 saturated heterocycles. The van der Waals surface area contributed by atoms with Crippen LogP contribution in [0.5, 0.6) is 0 Å². The molecule has 0 bridgehead atoms. The van der Waals surface area contributed by atoms with Crippen molar-refractivity contribution >= 4 is 5.78 Å². The first-order valence-corrected chi connectivity index (χ1v) is 4.40. The molecule has 0 unspecified atom stereocenters. The Morgan fingerprint density at radius 1 is 1.50 bits per heavy atom. The van der Waals surface area contributed by atoms with Gasteiger partial charge in [-0.25, -0.2) is 0 Å². The Labute approximate surface area is 73.6 Å². The highest BCUT2D eigenvalue weighted by Gasteiger charge is 2.31. The maximum Gasteiger partial charge on any atom is 0.168 e. The SMILES string of the molecule is CC1=CO[C@@H](C(C)C)[C@@H](C)C1=O. The zero-order valence-corrected chi connectivity index (χ0v) is 8.13. The van der Waals surface area contributed by atoms with E-state index < -0.39 is 0 Å². The highest BCUT2D eigenvalue weighted by Crippen LogP contribution is 2.24. The van der Waals surface area contributed by atoms with Crippen LogP contribution in [0.3, 0.4) is 0 Å². The minimum absolute atomic E-state index is 0.00926. The lowest BCUT2D eigenvalue weighted by Gasteiger charge is -2.29. The number of carbonyl (C=O) groups is 1. The molecule has 12 heavy (non-hydrogen) atoms. The van der Waals surface area contributed by atoms with Crippen molar-refractivity contribution in [1.82, 2.24) is 0 Å². The molecule has 1 aliphatic rings. The summed E-state index contributed by atoms with van der Waals surface area (Å²) in [6, 6.07) is 0. The van der Waals surface area contributed by atoms with Gasteiger partial charge in [0.1, 0.15) is 6.10 Å². The molecule has 0 aromatic carbocycles. The van der Waals surface area contributed by atoms with Crippen LogP contribution in [0.2, 0.25) is 0 Å². The Morgan fingerprint density at radius 3 is 2.58 bits per heavy atom. The number of hydrogen-bond acceptors (Lipinski definition) is 2. The van der Waals surface area contributed by atoms with Crippen molar-refractivity contribution in [3.63, 3.8) is 0 Å². The zero-order chi connectivity index (χ0) is 9.30. The van der Waals surface area contributed by atoms with Crippen LogP contribution in [0.15, 0.2) is 11.8 Å². The molecule has 2 heteroatoms. The molecule has 0 aromatic heterocycles. The Kier molecular flexibility index (Phi) is 2.55. The van der Waals surface area contributed by atoms with E-state index >= 15 is 0 Å². The number of rotatable bonds is 1. The number of Topliss-reactive ketones (excluding diaryl/α,β-unsaturated/α-hetero) is 1. The molecule has 0 aromatic rings. The summed E-state index contributed by atoms with van der Waals surface area (Å²) in [6.07, 6.45) is 1.65. The quantitative estimate of drug-likeness (QED) is 0.599. The smallest absolute Gasteiger partial charge is 0.168 e. The fourth-order valence-electron chi connectivity index (χ4n) is 1.60. The fourth-order valence-corrected chi connectivity index (χ4v) is 1.60. The molecule has 0 fully saturated rings. The van der Waals surface area contributed by atoms with E-state index in [1.165, 1.54) is 0 Å². The van der Waals surface area contributed by atoms with Gasteiger partial charge in [0.15, 0.2) is 5.78 Å². The second-order valence-corrected chi connectivity index (χ2v) is 3.80. The van der Waals surface area contributed by atoms with E-state index in [0.717, 1.165) is 5.57 Å². The van der Waals surface area contributed by atoms with Crippen molar-refractivity contribution in [2.75, 3.05) is 0 Å². The molecule has 2 atom stereocenters. The van der Waals surface area contributed by atoms with Gasteiger partial charge in [-0.3, -0.25) is 4.79 Å². The van der Waals surface area contributed by atoms with Crippen LogP contribution in [-0.4, -0.2) is 11.9 Å². The van der Waals surface area contributed by atoms with E-state index in [4.69, 9.17) is 4.74 Å². The van der Waals surface area contributed by atoms with E-state index in [9.17, 15) is 4.79 Å². The van der Waals surface area contributed by atoms with Gasteiger partial charge in [-0.1, -0.05) is 20.8 Å². The number of hydrogen-bond donors (Lipinski definition) is 0. The number of ether oxygens (including phenoxy) is 1. The van der Waals surface area contributed by atoms with E-state index in [1.807, 2.05) is 6.92 Å². The topological polar surface area (TPSA) is 26.3 Å². The van der Waals surface area contributed by atoms with Crippen LogP contribution in [0, 0.1) is 11.8 Å². The van der Waals surface area contributed by atoms with E-state index in [-0.39, 0.29) is 17.8 Å². The second-order valence-electron chi connectivity index (χ2n) is 3.80. The third-order valence-electron chi connectivity index (χ3n) is 2.35. The highest BCUT2D eigenvalue weighted by atomic mass is 16.5. The van der Waals surface area contributed by atoms with Gasteiger partial charge in [0.25, 0.3) is 0 Å². The van der Waals surface area contributed by atoms with Gasteiger partial charge >= 0.3 is 0 Å².